The van der Waals surface area contributed by atoms with Gasteiger partial charge in [0.2, 0.25) is 10.0 Å². The van der Waals surface area contributed by atoms with Crippen molar-refractivity contribution >= 4 is 21.6 Å². The zero-order valence-electron chi connectivity index (χ0n) is 19.5. The first-order valence-electron chi connectivity index (χ1n) is 12.0. The van der Waals surface area contributed by atoms with Crippen LogP contribution in [0.5, 0.6) is 5.75 Å². The van der Waals surface area contributed by atoms with Gasteiger partial charge < -0.3 is 20.7 Å². The lowest BCUT2D eigenvalue weighted by Crippen LogP contribution is -2.49. The maximum Gasteiger partial charge on any atom is 0.239 e. The number of nitrogens with zero attached hydrogens (tertiary/aromatic N) is 1. The molecule has 2 aromatic carbocycles. The molecule has 7 nitrogen and oxygen atoms in total. The molecule has 0 bridgehead atoms. The van der Waals surface area contributed by atoms with Gasteiger partial charge in [-0.15, -0.1) is 0 Å². The maximum atomic E-state index is 11.7. The number of benzene rings is 2. The van der Waals surface area contributed by atoms with Crippen molar-refractivity contribution in [3.63, 3.8) is 0 Å². The first-order valence-corrected chi connectivity index (χ1v) is 13.9. The van der Waals surface area contributed by atoms with Crippen molar-refractivity contribution in [1.82, 2.24) is 10.2 Å². The van der Waals surface area contributed by atoms with E-state index in [1.54, 1.807) is 11.0 Å². The molecule has 2 heterocycles. The van der Waals surface area contributed by atoms with Gasteiger partial charge in [0.15, 0.2) is 0 Å². The molecule has 0 aromatic heterocycles. The molecule has 1 saturated carbocycles. The van der Waals surface area contributed by atoms with E-state index in [0.29, 0.717) is 13.2 Å². The molecule has 5 N–H and O–H groups in total. The molecule has 186 valence electrons. The Kier molecular flexibility index (Phi) is 6.67. The van der Waals surface area contributed by atoms with Crippen molar-refractivity contribution in [2.24, 2.45) is 10.9 Å². The molecule has 1 aliphatic carbocycles. The van der Waals surface area contributed by atoms with Gasteiger partial charge in [0.05, 0.1) is 17.6 Å². The van der Waals surface area contributed by atoms with E-state index in [2.05, 4.69) is 29.6 Å². The number of halogens is 1. The van der Waals surface area contributed by atoms with Crippen molar-refractivity contribution < 1.29 is 13.2 Å². The van der Waals surface area contributed by atoms with Gasteiger partial charge in [-0.2, -0.15) is 0 Å². The summed E-state index contributed by atoms with van der Waals surface area (Å²) in [7, 11) is -3.79. The van der Waals surface area contributed by atoms with Gasteiger partial charge in [-0.1, -0.05) is 36.2 Å². The molecule has 2 unspecified atom stereocenters. The highest BCUT2D eigenvalue weighted by molar-refractivity contribution is 7.93. The molecular formula is C26H31ClN4O3S. The average Bonchev–Trinajstić information content (AvgIpc) is 2.80. The van der Waals surface area contributed by atoms with E-state index < -0.39 is 16.2 Å². The number of allylic oxidation sites excluding steroid dienone is 1. The highest BCUT2D eigenvalue weighted by atomic mass is 35.5. The van der Waals surface area contributed by atoms with E-state index in [0.717, 1.165) is 36.6 Å². The lowest BCUT2D eigenvalue weighted by atomic mass is 9.58. The molecule has 0 saturated heterocycles. The third-order valence-electron chi connectivity index (χ3n) is 7.47. The summed E-state index contributed by atoms with van der Waals surface area (Å²) in [5.41, 5.74) is 10.1. The summed E-state index contributed by atoms with van der Waals surface area (Å²) in [6, 6.07) is 14.8. The number of hydrogen-bond donors (Lipinski definition) is 3. The fraction of sp³-hybridized carbons (Fsp3) is 0.385. The number of nitrogens with two attached hydrogens (primary N) is 2. The Morgan fingerprint density at radius 3 is 2.63 bits per heavy atom. The largest absolute Gasteiger partial charge is 0.492 e. The number of hydrogen-bond acceptors (Lipinski definition) is 6. The molecule has 2 aliphatic heterocycles. The fourth-order valence-corrected chi connectivity index (χ4v) is 6.12. The first kappa shape index (κ1) is 24.3. The highest BCUT2D eigenvalue weighted by Crippen LogP contribution is 2.53. The average molecular weight is 515 g/mol. The van der Waals surface area contributed by atoms with Gasteiger partial charge in [0.25, 0.3) is 0 Å². The van der Waals surface area contributed by atoms with Crippen molar-refractivity contribution in [2.75, 3.05) is 19.7 Å². The number of rotatable bonds is 7. The smallest absolute Gasteiger partial charge is 0.239 e. The van der Waals surface area contributed by atoms with E-state index in [-0.39, 0.29) is 16.4 Å². The van der Waals surface area contributed by atoms with Gasteiger partial charge in [0.1, 0.15) is 12.4 Å². The van der Waals surface area contributed by atoms with Crippen LogP contribution in [-0.2, 0) is 21.9 Å². The minimum absolute atomic E-state index is 0.0369. The number of ether oxygens (including phenoxy) is 1. The standard InChI is InChI=1S/C26H31ClN4O3S/c27-20-5-3-19(4-6-20)26(11-1-12-26)25-23-16-21(7-2-18(23)10-13-30-25)34-15-14-31-17-22(35(29,32)33)8-9-24(31)28/h2-9,16-17,24-25,30H,1,10-15,28H2,(H2,29,32,33). The van der Waals surface area contributed by atoms with Crippen LogP contribution in [0.2, 0.25) is 5.02 Å². The summed E-state index contributed by atoms with van der Waals surface area (Å²) >= 11 is 6.17. The molecule has 2 aromatic rings. The predicted octanol–water partition coefficient (Wildman–Crippen LogP) is 3.31. The van der Waals surface area contributed by atoms with Gasteiger partial charge in [-0.05, 0) is 78.9 Å². The molecule has 1 fully saturated rings. The van der Waals surface area contributed by atoms with Gasteiger partial charge in [0, 0.05) is 22.7 Å². The molecule has 3 aliphatic rings. The van der Waals surface area contributed by atoms with Crippen LogP contribution < -0.4 is 20.9 Å². The Bertz CT molecular complexity index is 1260. The van der Waals surface area contributed by atoms with Crippen molar-refractivity contribution in [3.05, 3.63) is 87.4 Å². The van der Waals surface area contributed by atoms with Crippen LogP contribution in [0.4, 0.5) is 0 Å². The molecule has 2 atom stereocenters. The van der Waals surface area contributed by atoms with Crippen molar-refractivity contribution in [1.29, 1.82) is 0 Å². The summed E-state index contributed by atoms with van der Waals surface area (Å²) in [6.07, 6.45) is 8.56. The van der Waals surface area contributed by atoms with Crippen LogP contribution in [0.1, 0.15) is 42.0 Å². The molecule has 35 heavy (non-hydrogen) atoms. The molecular weight excluding hydrogens is 484 g/mol. The van der Waals surface area contributed by atoms with E-state index in [9.17, 15) is 8.42 Å². The van der Waals surface area contributed by atoms with Gasteiger partial charge in [-0.3, -0.25) is 0 Å². The van der Waals surface area contributed by atoms with Crippen molar-refractivity contribution in [3.8, 4) is 5.75 Å². The van der Waals surface area contributed by atoms with E-state index >= 15 is 0 Å². The Hall–Kier alpha value is -2.36. The number of primary sulfonamides is 1. The normalized spacial score (nSPS) is 23.3. The second-order valence-corrected chi connectivity index (χ2v) is 11.5. The third kappa shape index (κ3) is 4.86. The zero-order chi connectivity index (χ0) is 24.6. The monoisotopic (exact) mass is 514 g/mol. The van der Waals surface area contributed by atoms with E-state index in [4.69, 9.17) is 27.2 Å². The summed E-state index contributed by atoms with van der Waals surface area (Å²) in [5.74, 6) is 0.791. The first-order chi connectivity index (χ1) is 16.8. The third-order valence-corrected chi connectivity index (χ3v) is 8.62. The SMILES string of the molecule is NC1C=CC(S(N)(=O)=O)=CN1CCOc1ccc2c(c1)C(C1(c3ccc(Cl)cc3)CCC1)NCC2. The molecule has 0 amide bonds. The lowest BCUT2D eigenvalue weighted by Gasteiger charge is -2.50. The summed E-state index contributed by atoms with van der Waals surface area (Å²) in [5, 5.41) is 9.81. The second-order valence-electron chi connectivity index (χ2n) is 9.53. The quantitative estimate of drug-likeness (QED) is 0.522. The summed E-state index contributed by atoms with van der Waals surface area (Å²) in [6.45, 7) is 1.74. The topological polar surface area (TPSA) is 111 Å². The highest BCUT2D eigenvalue weighted by Gasteiger charge is 2.47. The van der Waals surface area contributed by atoms with Crippen LogP contribution in [0.25, 0.3) is 0 Å². The summed E-state index contributed by atoms with van der Waals surface area (Å²) in [4.78, 5) is 1.75. The van der Waals surface area contributed by atoms with Crippen LogP contribution in [0, 0.1) is 0 Å². The van der Waals surface area contributed by atoms with Crippen LogP contribution in [-0.4, -0.2) is 39.2 Å². The van der Waals surface area contributed by atoms with Crippen LogP contribution in [0.3, 0.4) is 0 Å². The van der Waals surface area contributed by atoms with Crippen LogP contribution in [0.15, 0.2) is 65.7 Å². The Morgan fingerprint density at radius 2 is 1.94 bits per heavy atom. The molecule has 5 rings (SSSR count). The number of fused-ring (bicyclic) bond motifs is 1. The van der Waals surface area contributed by atoms with Crippen LogP contribution >= 0.6 is 11.6 Å². The second kappa shape index (κ2) is 9.59. The number of nitrogens with one attached hydrogen (secondary N) is 1. The minimum atomic E-state index is -3.79. The summed E-state index contributed by atoms with van der Waals surface area (Å²) < 4.78 is 29.5. The molecule has 0 spiro atoms. The van der Waals surface area contributed by atoms with Crippen molar-refractivity contribution in [2.45, 2.75) is 43.3 Å². The fourth-order valence-electron chi connectivity index (χ4n) is 5.44. The predicted molar refractivity (Wildman–Crippen MR) is 138 cm³/mol. The minimum Gasteiger partial charge on any atom is -0.492 e. The Morgan fingerprint density at radius 1 is 1.17 bits per heavy atom. The molecule has 9 heteroatoms. The molecule has 0 radical (unpaired) electrons. The lowest BCUT2D eigenvalue weighted by molar-refractivity contribution is 0.164. The number of sulfonamides is 1. The van der Waals surface area contributed by atoms with Gasteiger partial charge in [-0.25, -0.2) is 13.6 Å². The maximum absolute atomic E-state index is 11.7. The van der Waals surface area contributed by atoms with E-state index in [1.807, 2.05) is 18.2 Å². The van der Waals surface area contributed by atoms with E-state index in [1.165, 1.54) is 35.4 Å². The Labute approximate surface area is 211 Å². The Balaban J connectivity index is 1.33. The zero-order valence-corrected chi connectivity index (χ0v) is 21.1. The van der Waals surface area contributed by atoms with Gasteiger partial charge >= 0.3 is 0 Å².